The summed E-state index contributed by atoms with van der Waals surface area (Å²) < 4.78 is 5.14. The van der Waals surface area contributed by atoms with Crippen molar-refractivity contribution in [1.29, 1.82) is 0 Å². The maximum absolute atomic E-state index is 10.7. The minimum Gasteiger partial charge on any atom is -0.376 e. The second kappa shape index (κ2) is 3.69. The number of carbonyl (C=O) groups is 1. The molecule has 0 aliphatic carbocycles. The van der Waals surface area contributed by atoms with Crippen LogP contribution in [0.3, 0.4) is 0 Å². The van der Waals surface area contributed by atoms with Crippen LogP contribution in [0.1, 0.15) is 20.8 Å². The molecule has 1 unspecified atom stereocenters. The molecular weight excluding hydrogens is 144 g/mol. The topological polar surface area (TPSA) is 78.3 Å². The van der Waals surface area contributed by atoms with Gasteiger partial charge in [-0.05, 0) is 20.8 Å². The van der Waals surface area contributed by atoms with Crippen LogP contribution in [0, 0.1) is 0 Å². The standard InChI is InChI=1S/C7H16N2O2/c1-5(2)11-4-7(3,9)6(8)10/h5H,4,9H2,1-3H3,(H2,8,10). The number of nitrogens with two attached hydrogens (primary N) is 2. The highest BCUT2D eigenvalue weighted by atomic mass is 16.5. The molecule has 0 rings (SSSR count). The first-order chi connectivity index (χ1) is 4.86. The second-order valence-corrected chi connectivity index (χ2v) is 3.14. The lowest BCUT2D eigenvalue weighted by molar-refractivity contribution is -0.125. The van der Waals surface area contributed by atoms with Crippen LogP contribution in [0.5, 0.6) is 0 Å². The predicted octanol–water partition coefficient (Wildman–Crippen LogP) is -0.386. The number of primary amides is 1. The van der Waals surface area contributed by atoms with Crippen molar-refractivity contribution in [2.75, 3.05) is 6.61 Å². The van der Waals surface area contributed by atoms with Crippen LogP contribution in [0.2, 0.25) is 0 Å². The molecule has 0 fully saturated rings. The Bertz CT molecular complexity index is 143. The lowest BCUT2D eigenvalue weighted by atomic mass is 10.1. The fraction of sp³-hybridized carbons (Fsp3) is 0.857. The van der Waals surface area contributed by atoms with Crippen molar-refractivity contribution in [2.24, 2.45) is 11.5 Å². The van der Waals surface area contributed by atoms with Gasteiger partial charge in [0.25, 0.3) is 0 Å². The van der Waals surface area contributed by atoms with Crippen LogP contribution < -0.4 is 11.5 Å². The summed E-state index contributed by atoms with van der Waals surface area (Å²) in [6, 6.07) is 0. The third kappa shape index (κ3) is 3.95. The summed E-state index contributed by atoms with van der Waals surface area (Å²) in [4.78, 5) is 10.7. The quantitative estimate of drug-likeness (QED) is 0.588. The molecule has 4 N–H and O–H groups in total. The van der Waals surface area contributed by atoms with Gasteiger partial charge in [-0.25, -0.2) is 0 Å². The average Bonchev–Trinajstić information content (AvgIpc) is 1.84. The van der Waals surface area contributed by atoms with Crippen LogP contribution in [-0.2, 0) is 9.53 Å². The largest absolute Gasteiger partial charge is 0.376 e. The normalized spacial score (nSPS) is 16.5. The molecule has 1 atom stereocenters. The Labute approximate surface area is 66.9 Å². The Balaban J connectivity index is 3.83. The van der Waals surface area contributed by atoms with Gasteiger partial charge in [0.15, 0.2) is 0 Å². The van der Waals surface area contributed by atoms with E-state index >= 15 is 0 Å². The first-order valence-corrected chi connectivity index (χ1v) is 3.56. The molecular formula is C7H16N2O2. The Hall–Kier alpha value is -0.610. The van der Waals surface area contributed by atoms with E-state index in [1.165, 1.54) is 0 Å². The van der Waals surface area contributed by atoms with Gasteiger partial charge in [-0.1, -0.05) is 0 Å². The van der Waals surface area contributed by atoms with Gasteiger partial charge in [-0.15, -0.1) is 0 Å². The highest BCUT2D eigenvalue weighted by molar-refractivity contribution is 5.83. The van der Waals surface area contributed by atoms with Crippen LogP contribution in [0.15, 0.2) is 0 Å². The summed E-state index contributed by atoms with van der Waals surface area (Å²) in [6.07, 6.45) is 0.0669. The van der Waals surface area contributed by atoms with Crippen molar-refractivity contribution in [3.63, 3.8) is 0 Å². The Morgan fingerprint density at radius 3 is 2.36 bits per heavy atom. The zero-order valence-corrected chi connectivity index (χ0v) is 7.26. The van der Waals surface area contributed by atoms with Crippen molar-refractivity contribution in [3.05, 3.63) is 0 Å². The van der Waals surface area contributed by atoms with Crippen molar-refractivity contribution in [2.45, 2.75) is 32.4 Å². The van der Waals surface area contributed by atoms with E-state index < -0.39 is 11.4 Å². The zero-order valence-electron chi connectivity index (χ0n) is 7.26. The summed E-state index contributed by atoms with van der Waals surface area (Å²) in [5.74, 6) is -0.543. The number of hydrogen-bond acceptors (Lipinski definition) is 3. The highest BCUT2D eigenvalue weighted by Crippen LogP contribution is 2.00. The lowest BCUT2D eigenvalue weighted by Crippen LogP contribution is -2.53. The van der Waals surface area contributed by atoms with E-state index in [1.54, 1.807) is 6.92 Å². The van der Waals surface area contributed by atoms with Gasteiger partial charge >= 0.3 is 0 Å². The van der Waals surface area contributed by atoms with Crippen molar-refractivity contribution in [3.8, 4) is 0 Å². The Morgan fingerprint density at radius 1 is 1.64 bits per heavy atom. The molecule has 4 heteroatoms. The minimum absolute atomic E-state index is 0.0669. The number of ether oxygens (including phenoxy) is 1. The molecule has 1 amide bonds. The summed E-state index contributed by atoms with van der Waals surface area (Å²) in [5, 5.41) is 0. The Kier molecular flexibility index (Phi) is 3.48. The number of carbonyl (C=O) groups excluding carboxylic acids is 1. The van der Waals surface area contributed by atoms with Gasteiger partial charge in [0.05, 0.1) is 12.7 Å². The number of hydrogen-bond donors (Lipinski definition) is 2. The van der Waals surface area contributed by atoms with E-state index in [0.29, 0.717) is 0 Å². The molecule has 0 radical (unpaired) electrons. The first kappa shape index (κ1) is 10.4. The molecule has 0 spiro atoms. The van der Waals surface area contributed by atoms with Gasteiger partial charge in [-0.2, -0.15) is 0 Å². The third-order valence-electron chi connectivity index (χ3n) is 1.28. The van der Waals surface area contributed by atoms with Gasteiger partial charge in [0.2, 0.25) is 5.91 Å². The van der Waals surface area contributed by atoms with Crippen LogP contribution >= 0.6 is 0 Å². The van der Waals surface area contributed by atoms with Crippen LogP contribution in [0.25, 0.3) is 0 Å². The zero-order chi connectivity index (χ0) is 9.07. The molecule has 0 saturated heterocycles. The van der Waals surface area contributed by atoms with Crippen LogP contribution in [0.4, 0.5) is 0 Å². The SMILES string of the molecule is CC(C)OCC(C)(N)C(N)=O. The molecule has 0 aromatic heterocycles. The van der Waals surface area contributed by atoms with Gasteiger partial charge in [-0.3, -0.25) is 4.79 Å². The fourth-order valence-corrected chi connectivity index (χ4v) is 0.411. The molecule has 0 aromatic rings. The van der Waals surface area contributed by atoms with E-state index in [1.807, 2.05) is 13.8 Å². The summed E-state index contributed by atoms with van der Waals surface area (Å²) in [5.41, 5.74) is 9.47. The summed E-state index contributed by atoms with van der Waals surface area (Å²) in [7, 11) is 0. The lowest BCUT2D eigenvalue weighted by Gasteiger charge is -2.21. The molecule has 4 nitrogen and oxygen atoms in total. The second-order valence-electron chi connectivity index (χ2n) is 3.14. The highest BCUT2D eigenvalue weighted by Gasteiger charge is 2.25. The fourth-order valence-electron chi connectivity index (χ4n) is 0.411. The molecule has 0 saturated carbocycles. The molecule has 0 aliphatic rings. The molecule has 0 aliphatic heterocycles. The maximum Gasteiger partial charge on any atom is 0.239 e. The summed E-state index contributed by atoms with van der Waals surface area (Å²) >= 11 is 0. The summed E-state index contributed by atoms with van der Waals surface area (Å²) in [6.45, 7) is 5.46. The third-order valence-corrected chi connectivity index (χ3v) is 1.28. The Morgan fingerprint density at radius 2 is 2.09 bits per heavy atom. The van der Waals surface area contributed by atoms with Gasteiger partial charge in [0.1, 0.15) is 5.54 Å². The molecule has 0 heterocycles. The van der Waals surface area contributed by atoms with Crippen molar-refractivity contribution < 1.29 is 9.53 Å². The van der Waals surface area contributed by atoms with Crippen LogP contribution in [-0.4, -0.2) is 24.2 Å². The maximum atomic E-state index is 10.7. The van der Waals surface area contributed by atoms with Crippen molar-refractivity contribution >= 4 is 5.91 Å². The van der Waals surface area contributed by atoms with E-state index in [9.17, 15) is 4.79 Å². The molecule has 11 heavy (non-hydrogen) atoms. The molecule has 0 bridgehead atoms. The number of amides is 1. The predicted molar refractivity (Wildman–Crippen MR) is 42.9 cm³/mol. The minimum atomic E-state index is -1.05. The average molecular weight is 160 g/mol. The molecule has 0 aromatic carbocycles. The molecule has 66 valence electrons. The smallest absolute Gasteiger partial charge is 0.239 e. The van der Waals surface area contributed by atoms with Gasteiger partial charge in [0, 0.05) is 0 Å². The monoisotopic (exact) mass is 160 g/mol. The van der Waals surface area contributed by atoms with E-state index in [-0.39, 0.29) is 12.7 Å². The van der Waals surface area contributed by atoms with E-state index in [4.69, 9.17) is 16.2 Å². The number of rotatable bonds is 4. The van der Waals surface area contributed by atoms with Gasteiger partial charge < -0.3 is 16.2 Å². The van der Waals surface area contributed by atoms with Crippen molar-refractivity contribution in [1.82, 2.24) is 0 Å². The van der Waals surface area contributed by atoms with E-state index in [2.05, 4.69) is 0 Å². The van der Waals surface area contributed by atoms with E-state index in [0.717, 1.165) is 0 Å². The first-order valence-electron chi connectivity index (χ1n) is 3.56.